The molecule has 0 saturated carbocycles. The van der Waals surface area contributed by atoms with Crippen molar-refractivity contribution >= 4 is 44.8 Å². The zero-order chi connectivity index (χ0) is 17.0. The Morgan fingerprint density at radius 1 is 1.43 bits per heavy atom. The number of carbonyl (C=O) groups excluding carboxylic acids is 1. The summed E-state index contributed by atoms with van der Waals surface area (Å²) in [6.07, 6.45) is 2.87. The fourth-order valence-electron chi connectivity index (χ4n) is 2.28. The highest BCUT2D eigenvalue weighted by molar-refractivity contribution is 7.92. The van der Waals surface area contributed by atoms with Crippen LogP contribution in [-0.4, -0.2) is 46.4 Å². The van der Waals surface area contributed by atoms with Gasteiger partial charge >= 0.3 is 0 Å². The van der Waals surface area contributed by atoms with Crippen molar-refractivity contribution in [2.75, 3.05) is 30.3 Å². The van der Waals surface area contributed by atoms with Crippen LogP contribution >= 0.6 is 23.2 Å². The van der Waals surface area contributed by atoms with E-state index in [0.29, 0.717) is 18.2 Å². The quantitative estimate of drug-likeness (QED) is 0.819. The lowest BCUT2D eigenvalue weighted by molar-refractivity contribution is -0.120. The monoisotopic (exact) mass is 380 g/mol. The minimum atomic E-state index is -3.67. The lowest BCUT2D eigenvalue weighted by Gasteiger charge is -2.23. The molecule has 0 spiro atoms. The number of carbonyl (C=O) groups is 1. The van der Waals surface area contributed by atoms with Gasteiger partial charge in [-0.25, -0.2) is 8.42 Å². The van der Waals surface area contributed by atoms with Crippen LogP contribution in [0, 0.1) is 0 Å². The molecular weight excluding hydrogens is 363 g/mol. The van der Waals surface area contributed by atoms with Gasteiger partial charge < -0.3 is 10.1 Å². The van der Waals surface area contributed by atoms with E-state index in [0.717, 1.165) is 23.4 Å². The Bertz CT molecular complexity index is 675. The largest absolute Gasteiger partial charge is 0.376 e. The third kappa shape index (κ3) is 5.24. The van der Waals surface area contributed by atoms with Crippen molar-refractivity contribution in [1.82, 2.24) is 5.32 Å². The molecule has 1 aromatic carbocycles. The second-order valence-electron chi connectivity index (χ2n) is 5.30. The Hall–Kier alpha value is -1.02. The number of nitrogens with zero attached hydrogens (tertiary/aromatic N) is 1. The van der Waals surface area contributed by atoms with E-state index < -0.39 is 15.9 Å². The Balaban J connectivity index is 2.08. The van der Waals surface area contributed by atoms with Crippen molar-refractivity contribution in [2.24, 2.45) is 0 Å². The molecule has 1 saturated heterocycles. The van der Waals surface area contributed by atoms with Crippen molar-refractivity contribution in [1.29, 1.82) is 0 Å². The summed E-state index contributed by atoms with van der Waals surface area (Å²) in [6, 6.07) is 4.42. The summed E-state index contributed by atoms with van der Waals surface area (Å²) < 4.78 is 30.4. The van der Waals surface area contributed by atoms with Crippen LogP contribution in [-0.2, 0) is 19.6 Å². The first-order valence-electron chi connectivity index (χ1n) is 7.08. The number of ether oxygens (including phenoxy) is 1. The van der Waals surface area contributed by atoms with Crippen molar-refractivity contribution in [3.05, 3.63) is 28.2 Å². The molecule has 1 aliphatic heterocycles. The number of benzene rings is 1. The standard InChI is InChI=1S/C14H18Cl2N2O4S/c1-23(20,21)18(13-5-4-10(15)7-12(13)16)9-14(19)17-8-11-3-2-6-22-11/h4-5,7,11H,2-3,6,8-9H2,1H3,(H,17,19)/t11-/m0/s1. The van der Waals surface area contributed by atoms with Crippen LogP contribution in [0.15, 0.2) is 18.2 Å². The molecule has 1 N–H and O–H groups in total. The molecule has 9 heteroatoms. The topological polar surface area (TPSA) is 75.7 Å². The Morgan fingerprint density at radius 3 is 2.74 bits per heavy atom. The summed E-state index contributed by atoms with van der Waals surface area (Å²) in [5, 5.41) is 3.23. The third-order valence-corrected chi connectivity index (χ3v) is 5.08. The first kappa shape index (κ1) is 18.3. The normalized spacial score (nSPS) is 18.0. The molecular formula is C14H18Cl2N2O4S. The second-order valence-corrected chi connectivity index (χ2v) is 8.05. The molecule has 1 aromatic rings. The van der Waals surface area contributed by atoms with E-state index in [1.54, 1.807) is 0 Å². The lowest BCUT2D eigenvalue weighted by Crippen LogP contribution is -2.42. The molecule has 1 heterocycles. The summed E-state index contributed by atoms with van der Waals surface area (Å²) >= 11 is 11.9. The highest BCUT2D eigenvalue weighted by Gasteiger charge is 2.24. The van der Waals surface area contributed by atoms with Gasteiger partial charge in [-0.2, -0.15) is 0 Å². The summed E-state index contributed by atoms with van der Waals surface area (Å²) in [6.45, 7) is 0.702. The van der Waals surface area contributed by atoms with E-state index in [9.17, 15) is 13.2 Å². The minimum Gasteiger partial charge on any atom is -0.376 e. The molecule has 2 rings (SSSR count). The molecule has 0 aliphatic carbocycles. The summed E-state index contributed by atoms with van der Waals surface area (Å²) in [5.74, 6) is -0.419. The predicted octanol–water partition coefficient (Wildman–Crippen LogP) is 2.05. The van der Waals surface area contributed by atoms with E-state index in [1.165, 1.54) is 18.2 Å². The molecule has 1 atom stereocenters. The number of hydrogen-bond acceptors (Lipinski definition) is 4. The molecule has 6 nitrogen and oxygen atoms in total. The zero-order valence-electron chi connectivity index (χ0n) is 12.6. The van der Waals surface area contributed by atoms with Crippen LogP contribution in [0.1, 0.15) is 12.8 Å². The number of halogens is 2. The van der Waals surface area contributed by atoms with Gasteiger partial charge in [0.05, 0.1) is 23.1 Å². The summed E-state index contributed by atoms with van der Waals surface area (Å²) in [5.41, 5.74) is 0.214. The van der Waals surface area contributed by atoms with Gasteiger partial charge in [0.25, 0.3) is 0 Å². The number of sulfonamides is 1. The maximum Gasteiger partial charge on any atom is 0.240 e. The first-order chi connectivity index (χ1) is 10.8. The van der Waals surface area contributed by atoms with Gasteiger partial charge in [-0.15, -0.1) is 0 Å². The zero-order valence-corrected chi connectivity index (χ0v) is 14.9. The van der Waals surface area contributed by atoms with Crippen LogP contribution in [0.4, 0.5) is 5.69 Å². The van der Waals surface area contributed by atoms with Gasteiger partial charge in [-0.1, -0.05) is 23.2 Å². The van der Waals surface area contributed by atoms with Gasteiger partial charge in [-0.3, -0.25) is 9.10 Å². The van der Waals surface area contributed by atoms with Crippen LogP contribution in [0.25, 0.3) is 0 Å². The number of nitrogens with one attached hydrogen (secondary N) is 1. The fourth-order valence-corrected chi connectivity index (χ4v) is 3.71. The number of hydrogen-bond donors (Lipinski definition) is 1. The molecule has 1 aliphatic rings. The Labute approximate surface area is 145 Å². The second kappa shape index (κ2) is 7.70. The third-order valence-electron chi connectivity index (χ3n) is 3.42. The molecule has 0 bridgehead atoms. The highest BCUT2D eigenvalue weighted by Crippen LogP contribution is 2.30. The summed E-state index contributed by atoms with van der Waals surface area (Å²) in [7, 11) is -3.67. The maximum absolute atomic E-state index is 12.1. The van der Waals surface area contributed by atoms with Crippen LogP contribution < -0.4 is 9.62 Å². The predicted molar refractivity (Wildman–Crippen MR) is 90.6 cm³/mol. The van der Waals surface area contributed by atoms with Crippen molar-refractivity contribution < 1.29 is 17.9 Å². The molecule has 1 amide bonds. The van der Waals surface area contributed by atoms with Gasteiger partial charge in [0.15, 0.2) is 0 Å². The fraction of sp³-hybridized carbons (Fsp3) is 0.500. The average molecular weight is 381 g/mol. The lowest BCUT2D eigenvalue weighted by atomic mass is 10.2. The number of amides is 1. The molecule has 1 fully saturated rings. The highest BCUT2D eigenvalue weighted by atomic mass is 35.5. The van der Waals surface area contributed by atoms with E-state index in [1.807, 2.05) is 0 Å². The van der Waals surface area contributed by atoms with Crippen molar-refractivity contribution in [3.63, 3.8) is 0 Å². The average Bonchev–Trinajstić information content (AvgIpc) is 2.95. The van der Waals surface area contributed by atoms with Gasteiger partial charge in [-0.05, 0) is 31.0 Å². The molecule has 0 aromatic heterocycles. The summed E-state index contributed by atoms with van der Waals surface area (Å²) in [4.78, 5) is 12.1. The Morgan fingerprint density at radius 2 is 2.17 bits per heavy atom. The first-order valence-corrected chi connectivity index (χ1v) is 9.69. The Kier molecular flexibility index (Phi) is 6.13. The maximum atomic E-state index is 12.1. The van der Waals surface area contributed by atoms with Crippen LogP contribution in [0.3, 0.4) is 0 Å². The smallest absolute Gasteiger partial charge is 0.240 e. The number of rotatable bonds is 6. The van der Waals surface area contributed by atoms with Gasteiger partial charge in [0, 0.05) is 18.2 Å². The van der Waals surface area contributed by atoms with Crippen LogP contribution in [0.2, 0.25) is 10.0 Å². The van der Waals surface area contributed by atoms with E-state index >= 15 is 0 Å². The van der Waals surface area contributed by atoms with Crippen LogP contribution in [0.5, 0.6) is 0 Å². The van der Waals surface area contributed by atoms with E-state index in [4.69, 9.17) is 27.9 Å². The molecule has 23 heavy (non-hydrogen) atoms. The van der Waals surface area contributed by atoms with Gasteiger partial charge in [0.1, 0.15) is 6.54 Å². The molecule has 128 valence electrons. The number of anilines is 1. The SMILES string of the molecule is CS(=O)(=O)N(CC(=O)NC[C@@H]1CCCO1)c1ccc(Cl)cc1Cl. The minimum absolute atomic E-state index is 0.00949. The van der Waals surface area contributed by atoms with Gasteiger partial charge in [0.2, 0.25) is 15.9 Å². The molecule has 0 radical (unpaired) electrons. The van der Waals surface area contributed by atoms with E-state index in [2.05, 4.69) is 5.32 Å². The van der Waals surface area contributed by atoms with Crippen molar-refractivity contribution in [3.8, 4) is 0 Å². The molecule has 0 unspecified atom stereocenters. The van der Waals surface area contributed by atoms with Crippen molar-refractivity contribution in [2.45, 2.75) is 18.9 Å². The van der Waals surface area contributed by atoms with E-state index in [-0.39, 0.29) is 23.4 Å².